The van der Waals surface area contributed by atoms with Crippen LogP contribution in [0.1, 0.15) is 29.8 Å². The Morgan fingerprint density at radius 2 is 2.05 bits per heavy atom. The lowest BCUT2D eigenvalue weighted by molar-refractivity contribution is -0.139. The predicted octanol–water partition coefficient (Wildman–Crippen LogP) is 3.77. The largest absolute Gasteiger partial charge is 0.416 e. The van der Waals surface area contributed by atoms with Crippen molar-refractivity contribution in [2.75, 3.05) is 0 Å². The van der Waals surface area contributed by atoms with Crippen molar-refractivity contribution in [3.05, 3.63) is 51.8 Å². The molecule has 0 aliphatic rings. The van der Waals surface area contributed by atoms with Crippen molar-refractivity contribution in [1.29, 1.82) is 0 Å². The molecular formula is C13H12BrF3N2O. The first-order valence-corrected chi connectivity index (χ1v) is 6.70. The van der Waals surface area contributed by atoms with E-state index in [1.54, 1.807) is 6.92 Å². The Labute approximate surface area is 122 Å². The van der Waals surface area contributed by atoms with Crippen LogP contribution in [-0.2, 0) is 12.7 Å². The molecule has 0 aliphatic heterocycles. The third-order valence-electron chi connectivity index (χ3n) is 2.94. The number of aliphatic hydroxyl groups is 1. The van der Waals surface area contributed by atoms with Gasteiger partial charge in [-0.2, -0.15) is 18.3 Å². The van der Waals surface area contributed by atoms with Crippen molar-refractivity contribution in [3.63, 3.8) is 0 Å². The average molecular weight is 349 g/mol. The van der Waals surface area contributed by atoms with Gasteiger partial charge >= 0.3 is 6.18 Å². The number of hydrogen-bond donors (Lipinski definition) is 1. The van der Waals surface area contributed by atoms with E-state index < -0.39 is 17.8 Å². The van der Waals surface area contributed by atoms with Crippen molar-refractivity contribution < 1.29 is 18.3 Å². The van der Waals surface area contributed by atoms with Gasteiger partial charge in [0.15, 0.2) is 0 Å². The maximum absolute atomic E-state index is 13.1. The molecule has 0 bridgehead atoms. The second kappa shape index (κ2) is 5.57. The second-order valence-corrected chi connectivity index (χ2v) is 5.12. The molecule has 0 saturated carbocycles. The van der Waals surface area contributed by atoms with Crippen LogP contribution in [0.15, 0.2) is 34.9 Å². The molecular weight excluding hydrogens is 337 g/mol. The van der Waals surface area contributed by atoms with E-state index in [-0.39, 0.29) is 5.56 Å². The van der Waals surface area contributed by atoms with E-state index >= 15 is 0 Å². The van der Waals surface area contributed by atoms with Gasteiger partial charge in [-0.25, -0.2) is 0 Å². The molecule has 1 N–H and O–H groups in total. The Kier molecular flexibility index (Phi) is 4.19. The molecule has 0 aliphatic carbocycles. The molecule has 3 nitrogen and oxygen atoms in total. The zero-order chi connectivity index (χ0) is 14.9. The third kappa shape index (κ3) is 2.88. The number of aryl methyl sites for hydroxylation is 1. The minimum atomic E-state index is -4.53. The van der Waals surface area contributed by atoms with Crippen LogP contribution in [0.25, 0.3) is 0 Å². The molecule has 1 unspecified atom stereocenters. The van der Waals surface area contributed by atoms with E-state index in [9.17, 15) is 18.3 Å². The van der Waals surface area contributed by atoms with Gasteiger partial charge in [0.1, 0.15) is 6.10 Å². The molecule has 1 heterocycles. The van der Waals surface area contributed by atoms with Gasteiger partial charge in [0.25, 0.3) is 0 Å². The molecule has 1 atom stereocenters. The predicted molar refractivity (Wildman–Crippen MR) is 71.1 cm³/mol. The van der Waals surface area contributed by atoms with Crippen LogP contribution < -0.4 is 0 Å². The number of halogens is 4. The number of benzene rings is 1. The molecule has 2 rings (SSSR count). The maximum Gasteiger partial charge on any atom is 0.416 e. The van der Waals surface area contributed by atoms with Crippen LogP contribution >= 0.6 is 15.9 Å². The molecule has 7 heteroatoms. The molecule has 0 spiro atoms. The standard InChI is InChI=1S/C13H12BrF3N2O/c1-2-19-11(5-6-18-19)12(20)9-4-3-8(14)7-10(9)13(15,16)17/h3-7,12,20H,2H2,1H3. The van der Waals surface area contributed by atoms with Crippen LogP contribution in [0.4, 0.5) is 13.2 Å². The van der Waals surface area contributed by atoms with Crippen LogP contribution in [0, 0.1) is 0 Å². The summed E-state index contributed by atoms with van der Waals surface area (Å²) in [5.74, 6) is 0. The Balaban J connectivity index is 2.52. The highest BCUT2D eigenvalue weighted by atomic mass is 79.9. The van der Waals surface area contributed by atoms with Gasteiger partial charge in [0, 0.05) is 17.2 Å². The first-order valence-electron chi connectivity index (χ1n) is 5.91. The molecule has 0 radical (unpaired) electrons. The number of nitrogens with zero attached hydrogens (tertiary/aromatic N) is 2. The molecule has 2 aromatic rings. The van der Waals surface area contributed by atoms with Crippen molar-refractivity contribution in [2.45, 2.75) is 25.7 Å². The summed E-state index contributed by atoms with van der Waals surface area (Å²) in [6, 6.07) is 5.21. The van der Waals surface area contributed by atoms with E-state index in [0.29, 0.717) is 16.7 Å². The van der Waals surface area contributed by atoms with Crippen LogP contribution in [0.5, 0.6) is 0 Å². The molecule has 0 amide bonds. The van der Waals surface area contributed by atoms with Gasteiger partial charge in [-0.1, -0.05) is 22.0 Å². The summed E-state index contributed by atoms with van der Waals surface area (Å²) in [6.45, 7) is 2.27. The summed E-state index contributed by atoms with van der Waals surface area (Å²) in [6.07, 6.45) is -4.45. The Morgan fingerprint density at radius 1 is 1.35 bits per heavy atom. The number of aromatic nitrogens is 2. The van der Waals surface area contributed by atoms with Gasteiger partial charge in [0.2, 0.25) is 0 Å². The monoisotopic (exact) mass is 348 g/mol. The fraction of sp³-hybridized carbons (Fsp3) is 0.308. The quantitative estimate of drug-likeness (QED) is 0.916. The zero-order valence-corrected chi connectivity index (χ0v) is 12.1. The summed E-state index contributed by atoms with van der Waals surface area (Å²) in [7, 11) is 0. The van der Waals surface area contributed by atoms with Crippen LogP contribution in [0.3, 0.4) is 0 Å². The highest BCUT2D eigenvalue weighted by molar-refractivity contribution is 9.10. The first kappa shape index (κ1) is 15.1. The fourth-order valence-electron chi connectivity index (χ4n) is 2.01. The van der Waals surface area contributed by atoms with Crippen LogP contribution in [0.2, 0.25) is 0 Å². The van der Waals surface area contributed by atoms with E-state index in [2.05, 4.69) is 21.0 Å². The van der Waals surface area contributed by atoms with E-state index in [1.807, 2.05) is 0 Å². The highest BCUT2D eigenvalue weighted by Crippen LogP contribution is 2.38. The summed E-state index contributed by atoms with van der Waals surface area (Å²) in [5, 5.41) is 14.2. The summed E-state index contributed by atoms with van der Waals surface area (Å²) in [5.41, 5.74) is -0.709. The lowest BCUT2D eigenvalue weighted by atomic mass is 10.00. The van der Waals surface area contributed by atoms with Crippen molar-refractivity contribution in [3.8, 4) is 0 Å². The smallest absolute Gasteiger partial charge is 0.382 e. The number of alkyl halides is 3. The topological polar surface area (TPSA) is 38.0 Å². The summed E-state index contributed by atoms with van der Waals surface area (Å²) < 4.78 is 41.0. The normalized spacial score (nSPS) is 13.5. The highest BCUT2D eigenvalue weighted by Gasteiger charge is 2.36. The SMILES string of the molecule is CCn1nccc1C(O)c1ccc(Br)cc1C(F)(F)F. The average Bonchev–Trinajstić information content (AvgIpc) is 2.85. The number of hydrogen-bond acceptors (Lipinski definition) is 2. The van der Waals surface area contributed by atoms with Crippen LogP contribution in [-0.4, -0.2) is 14.9 Å². The Hall–Kier alpha value is -1.34. The van der Waals surface area contributed by atoms with E-state index in [0.717, 1.165) is 6.07 Å². The Bertz CT molecular complexity index is 610. The second-order valence-electron chi connectivity index (χ2n) is 4.20. The van der Waals surface area contributed by atoms with Gasteiger partial charge in [-0.15, -0.1) is 0 Å². The third-order valence-corrected chi connectivity index (χ3v) is 3.44. The summed E-state index contributed by atoms with van der Waals surface area (Å²) >= 11 is 3.02. The Morgan fingerprint density at radius 3 is 2.65 bits per heavy atom. The fourth-order valence-corrected chi connectivity index (χ4v) is 2.37. The van der Waals surface area contributed by atoms with Gasteiger partial charge in [-0.05, 0) is 30.7 Å². The summed E-state index contributed by atoms with van der Waals surface area (Å²) in [4.78, 5) is 0. The lowest BCUT2D eigenvalue weighted by Gasteiger charge is -2.18. The molecule has 1 aromatic carbocycles. The number of aliphatic hydroxyl groups excluding tert-OH is 1. The molecule has 20 heavy (non-hydrogen) atoms. The van der Waals surface area contributed by atoms with E-state index in [1.165, 1.54) is 29.1 Å². The minimum absolute atomic E-state index is 0.184. The molecule has 108 valence electrons. The lowest BCUT2D eigenvalue weighted by Crippen LogP contribution is -2.15. The minimum Gasteiger partial charge on any atom is -0.382 e. The van der Waals surface area contributed by atoms with Gasteiger partial charge < -0.3 is 5.11 Å². The van der Waals surface area contributed by atoms with Gasteiger partial charge in [0.05, 0.1) is 11.3 Å². The maximum atomic E-state index is 13.1. The zero-order valence-electron chi connectivity index (χ0n) is 10.5. The van der Waals surface area contributed by atoms with E-state index in [4.69, 9.17) is 0 Å². The van der Waals surface area contributed by atoms with Crippen molar-refractivity contribution in [1.82, 2.24) is 9.78 Å². The van der Waals surface area contributed by atoms with Gasteiger partial charge in [-0.3, -0.25) is 4.68 Å². The first-order chi connectivity index (χ1) is 9.34. The number of rotatable bonds is 3. The molecule has 1 aromatic heterocycles. The molecule has 0 fully saturated rings. The molecule has 0 saturated heterocycles. The van der Waals surface area contributed by atoms with Crippen molar-refractivity contribution >= 4 is 15.9 Å². The van der Waals surface area contributed by atoms with Crippen molar-refractivity contribution in [2.24, 2.45) is 0 Å².